The fourth-order valence-corrected chi connectivity index (χ4v) is 2.93. The molecule has 0 amide bonds. The molecule has 6 heteroatoms. The van der Waals surface area contributed by atoms with Crippen molar-refractivity contribution in [1.82, 2.24) is 0 Å². The molecule has 0 spiro atoms. The van der Waals surface area contributed by atoms with E-state index >= 15 is 0 Å². The summed E-state index contributed by atoms with van der Waals surface area (Å²) >= 11 is 2.07. The molecule has 1 N–H and O–H groups in total. The first-order valence-corrected chi connectivity index (χ1v) is 7.65. The predicted octanol–water partition coefficient (Wildman–Crippen LogP) is 4.14. The van der Waals surface area contributed by atoms with E-state index in [-0.39, 0.29) is 16.7 Å². The number of nitro groups is 1. The first kappa shape index (κ1) is 14.1. The lowest BCUT2D eigenvalue weighted by atomic mass is 10.00. The predicted molar refractivity (Wildman–Crippen MR) is 88.7 cm³/mol. The summed E-state index contributed by atoms with van der Waals surface area (Å²) < 4.78 is 6.46. The van der Waals surface area contributed by atoms with Gasteiger partial charge in [0.2, 0.25) is 0 Å². The van der Waals surface area contributed by atoms with Crippen LogP contribution in [-0.2, 0) is 0 Å². The maximum Gasteiger partial charge on any atom is 0.293 e. The summed E-state index contributed by atoms with van der Waals surface area (Å²) in [6, 6.07) is 13.0. The van der Waals surface area contributed by atoms with Gasteiger partial charge in [-0.15, -0.1) is 0 Å². The first-order valence-electron chi connectivity index (χ1n) is 6.57. The maximum atomic E-state index is 11.2. The Morgan fingerprint density at radius 1 is 1.29 bits per heavy atom. The van der Waals surface area contributed by atoms with Crippen molar-refractivity contribution in [3.05, 3.63) is 61.7 Å². The quantitative estimate of drug-likeness (QED) is 0.481. The van der Waals surface area contributed by atoms with Crippen LogP contribution in [0.25, 0.3) is 0 Å². The summed E-state index contributed by atoms with van der Waals surface area (Å²) in [4.78, 5) is 10.8. The van der Waals surface area contributed by atoms with E-state index in [1.165, 1.54) is 0 Å². The van der Waals surface area contributed by atoms with Crippen LogP contribution in [0.5, 0.6) is 5.75 Å². The monoisotopic (exact) mass is 396 g/mol. The zero-order valence-electron chi connectivity index (χ0n) is 11.1. The summed E-state index contributed by atoms with van der Waals surface area (Å²) in [5, 5.41) is 14.5. The van der Waals surface area contributed by atoms with Gasteiger partial charge in [0, 0.05) is 21.6 Å². The summed E-state index contributed by atoms with van der Waals surface area (Å²) in [5.74, 6) is 0.842. The lowest BCUT2D eigenvalue weighted by Gasteiger charge is -2.27. The fraction of sp³-hybridized carbons (Fsp3) is 0.200. The van der Waals surface area contributed by atoms with E-state index in [1.807, 2.05) is 30.3 Å². The molecule has 5 nitrogen and oxygen atoms in total. The molecule has 2 aromatic rings. The van der Waals surface area contributed by atoms with Crippen LogP contribution in [0.15, 0.2) is 42.5 Å². The van der Waals surface area contributed by atoms with Crippen LogP contribution in [0.4, 0.5) is 11.4 Å². The van der Waals surface area contributed by atoms with E-state index in [1.54, 1.807) is 12.1 Å². The molecule has 1 atom stereocenters. The highest BCUT2D eigenvalue weighted by molar-refractivity contribution is 14.1. The molecule has 1 aliphatic rings. The molecule has 21 heavy (non-hydrogen) atoms. The minimum Gasteiger partial charge on any atom is -0.493 e. The minimum absolute atomic E-state index is 0.0220. The second-order valence-corrected chi connectivity index (χ2v) is 6.04. The molecule has 0 saturated carbocycles. The number of hydrogen-bond donors (Lipinski definition) is 1. The summed E-state index contributed by atoms with van der Waals surface area (Å²) in [6.07, 6.45) is 0.778. The zero-order valence-corrected chi connectivity index (χ0v) is 13.2. The lowest BCUT2D eigenvalue weighted by molar-refractivity contribution is -0.384. The van der Waals surface area contributed by atoms with E-state index in [4.69, 9.17) is 4.74 Å². The Balaban J connectivity index is 1.93. The average molecular weight is 396 g/mol. The number of fused-ring (bicyclic) bond motifs is 1. The SMILES string of the molecule is O=[N+]([O-])c1cc(I)ccc1NC1CCOc2ccccc21. The molecular formula is C15H13IN2O3. The fourth-order valence-electron chi connectivity index (χ4n) is 2.46. The summed E-state index contributed by atoms with van der Waals surface area (Å²) in [5.41, 5.74) is 1.68. The normalized spacial score (nSPS) is 16.7. The number of anilines is 1. The van der Waals surface area contributed by atoms with Crippen molar-refractivity contribution in [3.8, 4) is 5.75 Å². The molecule has 0 aliphatic carbocycles. The topological polar surface area (TPSA) is 64.4 Å². The van der Waals surface area contributed by atoms with Crippen molar-refractivity contribution >= 4 is 34.0 Å². The molecule has 108 valence electrons. The van der Waals surface area contributed by atoms with E-state index in [9.17, 15) is 10.1 Å². The van der Waals surface area contributed by atoms with Gasteiger partial charge < -0.3 is 10.1 Å². The average Bonchev–Trinajstić information content (AvgIpc) is 2.49. The van der Waals surface area contributed by atoms with Gasteiger partial charge >= 0.3 is 0 Å². The van der Waals surface area contributed by atoms with Crippen LogP contribution in [0.3, 0.4) is 0 Å². The van der Waals surface area contributed by atoms with Crippen molar-refractivity contribution in [2.24, 2.45) is 0 Å². The van der Waals surface area contributed by atoms with Crippen LogP contribution >= 0.6 is 22.6 Å². The van der Waals surface area contributed by atoms with E-state index < -0.39 is 0 Å². The highest BCUT2D eigenvalue weighted by Crippen LogP contribution is 2.36. The molecule has 0 bridgehead atoms. The van der Waals surface area contributed by atoms with Gasteiger partial charge in [-0.05, 0) is 40.8 Å². The first-order chi connectivity index (χ1) is 10.1. The highest BCUT2D eigenvalue weighted by atomic mass is 127. The summed E-state index contributed by atoms with van der Waals surface area (Å²) in [6.45, 7) is 0.604. The Kier molecular flexibility index (Phi) is 3.96. The second kappa shape index (κ2) is 5.88. The molecule has 0 saturated heterocycles. The Morgan fingerprint density at radius 3 is 2.90 bits per heavy atom. The van der Waals surface area contributed by atoms with Crippen LogP contribution in [0, 0.1) is 13.7 Å². The molecule has 1 heterocycles. The number of para-hydroxylation sites is 1. The van der Waals surface area contributed by atoms with Gasteiger partial charge in [-0.3, -0.25) is 10.1 Å². The van der Waals surface area contributed by atoms with Crippen molar-refractivity contribution in [2.45, 2.75) is 12.5 Å². The van der Waals surface area contributed by atoms with E-state index in [0.29, 0.717) is 12.3 Å². The molecule has 1 aliphatic heterocycles. The standard InChI is InChI=1S/C15H13IN2O3/c16-10-5-6-13(14(9-10)18(19)20)17-12-7-8-21-15-4-2-1-3-11(12)15/h1-6,9,12,17H,7-8H2. The van der Waals surface area contributed by atoms with Crippen molar-refractivity contribution in [2.75, 3.05) is 11.9 Å². The Bertz CT molecular complexity index is 690. The Labute approximate surface area is 135 Å². The minimum atomic E-state index is -0.351. The molecule has 0 aromatic heterocycles. The van der Waals surface area contributed by atoms with Gasteiger partial charge in [0.25, 0.3) is 5.69 Å². The van der Waals surface area contributed by atoms with Crippen LogP contribution in [0.1, 0.15) is 18.0 Å². The molecule has 0 radical (unpaired) electrons. The third-order valence-corrected chi connectivity index (χ3v) is 4.12. The van der Waals surface area contributed by atoms with Crippen molar-refractivity contribution in [1.29, 1.82) is 0 Å². The van der Waals surface area contributed by atoms with Gasteiger partial charge in [-0.2, -0.15) is 0 Å². The van der Waals surface area contributed by atoms with Gasteiger partial charge in [0.1, 0.15) is 11.4 Å². The molecular weight excluding hydrogens is 383 g/mol. The van der Waals surface area contributed by atoms with Crippen LogP contribution in [-0.4, -0.2) is 11.5 Å². The Hall–Kier alpha value is -1.83. The van der Waals surface area contributed by atoms with E-state index in [0.717, 1.165) is 21.3 Å². The number of nitrogens with one attached hydrogen (secondary N) is 1. The molecule has 0 fully saturated rings. The van der Waals surface area contributed by atoms with Crippen molar-refractivity contribution < 1.29 is 9.66 Å². The third-order valence-electron chi connectivity index (χ3n) is 3.44. The van der Waals surface area contributed by atoms with Gasteiger partial charge in [0.15, 0.2) is 0 Å². The largest absolute Gasteiger partial charge is 0.493 e. The van der Waals surface area contributed by atoms with Gasteiger partial charge in [-0.1, -0.05) is 18.2 Å². The number of rotatable bonds is 3. The zero-order chi connectivity index (χ0) is 14.8. The third kappa shape index (κ3) is 2.94. The molecule has 3 rings (SSSR count). The van der Waals surface area contributed by atoms with Crippen LogP contribution in [0.2, 0.25) is 0 Å². The van der Waals surface area contributed by atoms with E-state index in [2.05, 4.69) is 27.9 Å². The molecule has 1 unspecified atom stereocenters. The van der Waals surface area contributed by atoms with Gasteiger partial charge in [-0.25, -0.2) is 0 Å². The van der Waals surface area contributed by atoms with Gasteiger partial charge in [0.05, 0.1) is 17.6 Å². The number of nitrogens with zero attached hydrogens (tertiary/aromatic N) is 1. The lowest BCUT2D eigenvalue weighted by Crippen LogP contribution is -2.20. The van der Waals surface area contributed by atoms with Crippen molar-refractivity contribution in [3.63, 3.8) is 0 Å². The molecule has 2 aromatic carbocycles. The number of hydrogen-bond acceptors (Lipinski definition) is 4. The number of benzene rings is 2. The van der Waals surface area contributed by atoms with Crippen LogP contribution < -0.4 is 10.1 Å². The Morgan fingerprint density at radius 2 is 2.10 bits per heavy atom. The highest BCUT2D eigenvalue weighted by Gasteiger charge is 2.23. The number of ether oxygens (including phenoxy) is 1. The summed E-state index contributed by atoms with van der Waals surface area (Å²) in [7, 11) is 0. The number of halogens is 1. The maximum absolute atomic E-state index is 11.2. The second-order valence-electron chi connectivity index (χ2n) is 4.79. The number of nitro benzene ring substituents is 1. The smallest absolute Gasteiger partial charge is 0.293 e.